The third-order valence-corrected chi connectivity index (χ3v) is 8.31. The first-order valence-electron chi connectivity index (χ1n) is 11.1. The molecule has 4 rings (SSSR count). The van der Waals surface area contributed by atoms with E-state index in [-0.39, 0.29) is 11.6 Å². The molecule has 0 saturated heterocycles. The quantitative estimate of drug-likeness (QED) is 0.340. The van der Waals surface area contributed by atoms with Gasteiger partial charge in [-0.3, -0.25) is 4.57 Å². The van der Waals surface area contributed by atoms with E-state index in [2.05, 4.69) is 30.1 Å². The Morgan fingerprint density at radius 2 is 1.74 bits per heavy atom. The second-order valence-corrected chi connectivity index (χ2v) is 11.3. The second-order valence-electron chi connectivity index (χ2n) is 8.52. The molecule has 0 fully saturated rings. The normalized spacial score (nSPS) is 14.6. The van der Waals surface area contributed by atoms with Crippen molar-refractivity contribution in [2.24, 2.45) is 0 Å². The molecule has 0 bridgehead atoms. The van der Waals surface area contributed by atoms with Gasteiger partial charge in [0.05, 0.1) is 16.5 Å². The summed E-state index contributed by atoms with van der Waals surface area (Å²) >= 11 is 5.88. The van der Waals surface area contributed by atoms with Gasteiger partial charge in [-0.05, 0) is 39.8 Å². The lowest BCUT2D eigenvalue weighted by Crippen LogP contribution is -2.28. The van der Waals surface area contributed by atoms with E-state index in [1.807, 2.05) is 32.0 Å². The molecular weight excluding hydrogens is 490 g/mol. The van der Waals surface area contributed by atoms with Crippen molar-refractivity contribution in [2.75, 3.05) is 0 Å². The standard InChI is InChI=1S/C23H26ClN7O3S/c1-13-7-6-8-19(28-13)22-30-29-20(31(22)16(4)23-27-9-14(2)34-23)12-35(32,33)17(5)15(3)21-25-10-18(24)11-26-21/h6-11,15-17H,12H2,1-5H3/t15-,16-,17-/m0/s1. The Morgan fingerprint density at radius 3 is 2.37 bits per heavy atom. The molecule has 0 aromatic carbocycles. The van der Waals surface area contributed by atoms with Gasteiger partial charge in [0.15, 0.2) is 15.7 Å². The molecule has 12 heteroatoms. The van der Waals surface area contributed by atoms with Gasteiger partial charge in [-0.15, -0.1) is 10.2 Å². The Morgan fingerprint density at radius 1 is 1.03 bits per heavy atom. The van der Waals surface area contributed by atoms with Crippen LogP contribution in [0.2, 0.25) is 5.02 Å². The monoisotopic (exact) mass is 515 g/mol. The van der Waals surface area contributed by atoms with Crippen molar-refractivity contribution in [1.82, 2.24) is 34.7 Å². The van der Waals surface area contributed by atoms with Crippen LogP contribution in [0.15, 0.2) is 41.2 Å². The number of sulfone groups is 1. The number of aryl methyl sites for hydroxylation is 2. The van der Waals surface area contributed by atoms with Crippen molar-refractivity contribution in [3.05, 3.63) is 70.8 Å². The van der Waals surface area contributed by atoms with Gasteiger partial charge in [-0.25, -0.2) is 28.4 Å². The zero-order valence-electron chi connectivity index (χ0n) is 20.0. The van der Waals surface area contributed by atoms with Crippen LogP contribution in [-0.4, -0.2) is 48.4 Å². The van der Waals surface area contributed by atoms with Crippen molar-refractivity contribution in [1.29, 1.82) is 0 Å². The summed E-state index contributed by atoms with van der Waals surface area (Å²) in [7, 11) is -3.69. The van der Waals surface area contributed by atoms with Crippen molar-refractivity contribution in [2.45, 2.75) is 57.6 Å². The van der Waals surface area contributed by atoms with E-state index < -0.39 is 27.0 Å². The zero-order chi connectivity index (χ0) is 25.3. The third kappa shape index (κ3) is 5.25. The molecule has 0 radical (unpaired) electrons. The molecule has 0 aliphatic heterocycles. The number of hydrogen-bond donors (Lipinski definition) is 0. The first-order chi connectivity index (χ1) is 16.6. The minimum absolute atomic E-state index is 0.266. The van der Waals surface area contributed by atoms with E-state index in [1.165, 1.54) is 12.4 Å². The van der Waals surface area contributed by atoms with Crippen molar-refractivity contribution in [3.8, 4) is 11.5 Å². The fourth-order valence-corrected chi connectivity index (χ4v) is 5.40. The molecule has 0 aliphatic rings. The smallest absolute Gasteiger partial charge is 0.217 e. The topological polar surface area (TPSA) is 130 Å². The number of halogens is 1. The predicted molar refractivity (Wildman–Crippen MR) is 131 cm³/mol. The number of nitrogens with zero attached hydrogens (tertiary/aromatic N) is 7. The average Bonchev–Trinajstić information content (AvgIpc) is 3.44. The highest BCUT2D eigenvalue weighted by molar-refractivity contribution is 7.91. The summed E-state index contributed by atoms with van der Waals surface area (Å²) in [6, 6.07) is 5.08. The molecule has 0 aliphatic carbocycles. The van der Waals surface area contributed by atoms with E-state index in [1.54, 1.807) is 31.5 Å². The molecule has 3 atom stereocenters. The molecule has 4 heterocycles. The fourth-order valence-electron chi connectivity index (χ4n) is 3.74. The third-order valence-electron chi connectivity index (χ3n) is 5.92. The van der Waals surface area contributed by atoms with Crippen LogP contribution in [0.3, 0.4) is 0 Å². The van der Waals surface area contributed by atoms with Crippen LogP contribution < -0.4 is 0 Å². The van der Waals surface area contributed by atoms with Crippen LogP contribution in [0.25, 0.3) is 11.5 Å². The number of rotatable bonds is 8. The highest BCUT2D eigenvalue weighted by Crippen LogP contribution is 2.29. The van der Waals surface area contributed by atoms with Gasteiger partial charge in [0.1, 0.15) is 34.9 Å². The molecule has 10 nitrogen and oxygen atoms in total. The largest absolute Gasteiger partial charge is 0.444 e. The summed E-state index contributed by atoms with van der Waals surface area (Å²) in [4.78, 5) is 17.3. The molecular formula is C23H26ClN7O3S. The lowest BCUT2D eigenvalue weighted by molar-refractivity contribution is 0.412. The molecule has 0 amide bonds. The van der Waals surface area contributed by atoms with Crippen LogP contribution in [0, 0.1) is 13.8 Å². The number of aromatic nitrogens is 7. The van der Waals surface area contributed by atoms with E-state index >= 15 is 0 Å². The van der Waals surface area contributed by atoms with Crippen LogP contribution >= 0.6 is 11.6 Å². The lowest BCUT2D eigenvalue weighted by atomic mass is 10.1. The summed E-state index contributed by atoms with van der Waals surface area (Å²) in [6.45, 7) is 8.95. The van der Waals surface area contributed by atoms with Gasteiger partial charge >= 0.3 is 0 Å². The predicted octanol–water partition coefficient (Wildman–Crippen LogP) is 4.10. The summed E-state index contributed by atoms with van der Waals surface area (Å²) in [5, 5.41) is 8.18. The van der Waals surface area contributed by atoms with Crippen molar-refractivity contribution < 1.29 is 12.8 Å². The molecule has 0 N–H and O–H groups in total. The van der Waals surface area contributed by atoms with Crippen LogP contribution in [0.1, 0.15) is 61.7 Å². The van der Waals surface area contributed by atoms with Crippen LogP contribution in [-0.2, 0) is 15.6 Å². The average molecular weight is 516 g/mol. The molecule has 35 heavy (non-hydrogen) atoms. The molecule has 4 aromatic rings. The van der Waals surface area contributed by atoms with Gasteiger partial charge in [-0.1, -0.05) is 24.6 Å². The maximum absolute atomic E-state index is 13.5. The Hall–Kier alpha value is -3.18. The van der Waals surface area contributed by atoms with Crippen molar-refractivity contribution >= 4 is 21.4 Å². The summed E-state index contributed by atoms with van der Waals surface area (Å²) in [5.41, 5.74) is 1.38. The molecule has 4 aromatic heterocycles. The zero-order valence-corrected chi connectivity index (χ0v) is 21.6. The first kappa shape index (κ1) is 24.9. The number of pyridine rings is 1. The second kappa shape index (κ2) is 9.82. The van der Waals surface area contributed by atoms with Crippen LogP contribution in [0.5, 0.6) is 0 Å². The van der Waals surface area contributed by atoms with Gasteiger partial charge in [0, 0.05) is 24.0 Å². The number of oxazole rings is 1. The molecule has 0 unspecified atom stereocenters. The van der Waals surface area contributed by atoms with E-state index in [9.17, 15) is 8.42 Å². The van der Waals surface area contributed by atoms with Gasteiger partial charge in [-0.2, -0.15) is 0 Å². The molecule has 184 valence electrons. The Kier molecular flexibility index (Phi) is 7.00. The summed E-state index contributed by atoms with van der Waals surface area (Å²) in [6.07, 6.45) is 4.53. The number of hydrogen-bond acceptors (Lipinski definition) is 9. The molecule has 0 saturated carbocycles. The minimum Gasteiger partial charge on any atom is -0.444 e. The summed E-state index contributed by atoms with van der Waals surface area (Å²) in [5.74, 6) is 1.38. The van der Waals surface area contributed by atoms with E-state index in [4.69, 9.17) is 16.0 Å². The molecule has 0 spiro atoms. The maximum Gasteiger partial charge on any atom is 0.217 e. The first-order valence-corrected chi connectivity index (χ1v) is 13.1. The highest BCUT2D eigenvalue weighted by atomic mass is 35.5. The van der Waals surface area contributed by atoms with Gasteiger partial charge in [0.25, 0.3) is 0 Å². The van der Waals surface area contributed by atoms with E-state index in [0.29, 0.717) is 34.0 Å². The lowest BCUT2D eigenvalue weighted by Gasteiger charge is -2.20. The van der Waals surface area contributed by atoms with Gasteiger partial charge < -0.3 is 4.42 Å². The highest BCUT2D eigenvalue weighted by Gasteiger charge is 2.33. The van der Waals surface area contributed by atoms with Crippen molar-refractivity contribution in [3.63, 3.8) is 0 Å². The Bertz CT molecular complexity index is 1430. The Labute approximate surface area is 208 Å². The maximum atomic E-state index is 13.5. The SMILES string of the molecule is Cc1cccc(-c2nnc(CS(=O)(=O)[C@@H](C)[C@H](C)c3ncc(Cl)cn3)n2[C@@H](C)c2ncc(C)o2)n1. The summed E-state index contributed by atoms with van der Waals surface area (Å²) < 4.78 is 34.4. The Balaban J connectivity index is 1.72. The minimum atomic E-state index is -3.69. The van der Waals surface area contributed by atoms with Crippen LogP contribution in [0.4, 0.5) is 0 Å². The van der Waals surface area contributed by atoms with Gasteiger partial charge in [0.2, 0.25) is 5.89 Å². The fraction of sp³-hybridized carbons (Fsp3) is 0.391. The van der Waals surface area contributed by atoms with E-state index in [0.717, 1.165) is 5.69 Å².